The van der Waals surface area contributed by atoms with Crippen LogP contribution in [0.25, 0.3) is 11.0 Å². The van der Waals surface area contributed by atoms with Crippen molar-refractivity contribution in [3.8, 4) is 0 Å². The maximum absolute atomic E-state index is 4.29. The molecule has 3 aromatic rings. The Hall–Kier alpha value is -2.31. The number of fused-ring (bicyclic) bond motifs is 1. The van der Waals surface area contributed by atoms with E-state index in [1.54, 1.807) is 0 Å². The summed E-state index contributed by atoms with van der Waals surface area (Å²) < 4.78 is 1.93. The molecule has 24 heavy (non-hydrogen) atoms. The van der Waals surface area contributed by atoms with Crippen molar-refractivity contribution in [3.63, 3.8) is 0 Å². The average molecular weight is 322 g/mol. The number of benzene rings is 1. The van der Waals surface area contributed by atoms with Crippen LogP contribution in [0.3, 0.4) is 0 Å². The summed E-state index contributed by atoms with van der Waals surface area (Å²) in [6, 6.07) is 11.1. The highest BCUT2D eigenvalue weighted by atomic mass is 15.4. The Labute approximate surface area is 141 Å². The first kappa shape index (κ1) is 15.2. The van der Waals surface area contributed by atoms with E-state index in [0.717, 1.165) is 43.8 Å². The van der Waals surface area contributed by atoms with Crippen LogP contribution in [0.4, 0.5) is 0 Å². The zero-order valence-corrected chi connectivity index (χ0v) is 13.9. The van der Waals surface area contributed by atoms with Crippen molar-refractivity contribution in [2.75, 3.05) is 19.6 Å². The number of hydrogen-bond donors (Lipinski definition) is 1. The van der Waals surface area contributed by atoms with E-state index < -0.39 is 0 Å². The molecule has 1 unspecified atom stereocenters. The first-order valence-corrected chi connectivity index (χ1v) is 8.52. The smallest absolute Gasteiger partial charge is 0.113 e. The van der Waals surface area contributed by atoms with Gasteiger partial charge in [-0.05, 0) is 42.3 Å². The summed E-state index contributed by atoms with van der Waals surface area (Å²) in [5.41, 5.74) is 4.68. The molecule has 124 valence electrons. The van der Waals surface area contributed by atoms with Crippen LogP contribution in [0.5, 0.6) is 0 Å². The Morgan fingerprint density at radius 1 is 1.21 bits per heavy atom. The summed E-state index contributed by atoms with van der Waals surface area (Å²) in [6.07, 6.45) is 3.74. The third-order valence-corrected chi connectivity index (χ3v) is 4.71. The van der Waals surface area contributed by atoms with E-state index >= 15 is 0 Å². The number of rotatable bonds is 4. The largest absolute Gasteiger partial charge is 0.314 e. The van der Waals surface area contributed by atoms with Gasteiger partial charge >= 0.3 is 0 Å². The Balaban J connectivity index is 1.58. The van der Waals surface area contributed by atoms with E-state index in [-0.39, 0.29) is 0 Å². The predicted octanol–water partition coefficient (Wildman–Crippen LogP) is 1.99. The number of aryl methyl sites for hydroxylation is 1. The third kappa shape index (κ3) is 2.90. The molecule has 2 aromatic heterocycles. The van der Waals surface area contributed by atoms with E-state index in [9.17, 15) is 0 Å². The molecule has 1 fully saturated rings. The second kappa shape index (κ2) is 6.67. The molecular weight excluding hydrogens is 300 g/mol. The summed E-state index contributed by atoms with van der Waals surface area (Å²) in [7, 11) is 0. The standard InChI is InChI=1S/C18H22N6/c1-2-24-17-4-3-14(11-16(17)21-22-24)13-23-10-9-20-12-18(23)15-5-7-19-8-6-15/h3-8,11,18,20H,2,9-10,12-13H2,1H3. The van der Waals surface area contributed by atoms with Gasteiger partial charge in [0.1, 0.15) is 5.52 Å². The van der Waals surface area contributed by atoms with Crippen molar-refractivity contribution in [1.82, 2.24) is 30.2 Å². The molecule has 1 atom stereocenters. The molecule has 0 saturated carbocycles. The van der Waals surface area contributed by atoms with Gasteiger partial charge in [-0.2, -0.15) is 0 Å². The fourth-order valence-corrected chi connectivity index (χ4v) is 3.43. The van der Waals surface area contributed by atoms with Crippen LogP contribution < -0.4 is 5.32 Å². The van der Waals surface area contributed by atoms with Gasteiger partial charge in [0.15, 0.2) is 0 Å². The van der Waals surface area contributed by atoms with Crippen molar-refractivity contribution in [2.24, 2.45) is 0 Å². The van der Waals surface area contributed by atoms with Gasteiger partial charge < -0.3 is 5.32 Å². The van der Waals surface area contributed by atoms with Crippen LogP contribution in [-0.4, -0.2) is 44.5 Å². The lowest BCUT2D eigenvalue weighted by molar-refractivity contribution is 0.154. The molecule has 6 heteroatoms. The average Bonchev–Trinajstić information content (AvgIpc) is 3.05. The lowest BCUT2D eigenvalue weighted by Crippen LogP contribution is -2.45. The number of nitrogens with one attached hydrogen (secondary N) is 1. The molecule has 0 amide bonds. The van der Waals surface area contributed by atoms with Gasteiger partial charge in [0, 0.05) is 51.2 Å². The van der Waals surface area contributed by atoms with Crippen molar-refractivity contribution in [2.45, 2.75) is 26.1 Å². The van der Waals surface area contributed by atoms with Gasteiger partial charge in [-0.25, -0.2) is 4.68 Å². The van der Waals surface area contributed by atoms with Gasteiger partial charge in [-0.3, -0.25) is 9.88 Å². The molecule has 0 spiro atoms. The normalized spacial score (nSPS) is 19.0. The quantitative estimate of drug-likeness (QED) is 0.796. The van der Waals surface area contributed by atoms with Crippen molar-refractivity contribution < 1.29 is 0 Å². The Kier molecular flexibility index (Phi) is 4.23. The van der Waals surface area contributed by atoms with Crippen LogP contribution in [0.15, 0.2) is 42.7 Å². The molecule has 0 radical (unpaired) electrons. The fraction of sp³-hybridized carbons (Fsp3) is 0.389. The van der Waals surface area contributed by atoms with Gasteiger partial charge in [0.05, 0.1) is 5.52 Å². The minimum absolute atomic E-state index is 0.378. The highest BCUT2D eigenvalue weighted by Gasteiger charge is 2.23. The first-order chi connectivity index (χ1) is 11.8. The van der Waals surface area contributed by atoms with Crippen LogP contribution in [0.1, 0.15) is 24.1 Å². The highest BCUT2D eigenvalue weighted by Crippen LogP contribution is 2.24. The second-order valence-electron chi connectivity index (χ2n) is 6.20. The van der Waals surface area contributed by atoms with E-state index in [1.165, 1.54) is 11.1 Å². The Morgan fingerprint density at radius 2 is 2.08 bits per heavy atom. The van der Waals surface area contributed by atoms with Crippen LogP contribution >= 0.6 is 0 Å². The number of hydrogen-bond acceptors (Lipinski definition) is 5. The molecule has 0 aliphatic carbocycles. The van der Waals surface area contributed by atoms with E-state index in [2.05, 4.69) is 62.8 Å². The van der Waals surface area contributed by atoms with E-state index in [1.807, 2.05) is 17.1 Å². The predicted molar refractivity (Wildman–Crippen MR) is 93.5 cm³/mol. The minimum atomic E-state index is 0.378. The van der Waals surface area contributed by atoms with E-state index in [4.69, 9.17) is 0 Å². The van der Waals surface area contributed by atoms with Gasteiger partial charge in [0.25, 0.3) is 0 Å². The maximum Gasteiger partial charge on any atom is 0.113 e. The summed E-state index contributed by atoms with van der Waals surface area (Å²) in [5.74, 6) is 0. The molecule has 4 rings (SSSR count). The van der Waals surface area contributed by atoms with Crippen LogP contribution in [0, 0.1) is 0 Å². The van der Waals surface area contributed by atoms with Crippen LogP contribution in [0.2, 0.25) is 0 Å². The summed E-state index contributed by atoms with van der Waals surface area (Å²) >= 11 is 0. The zero-order chi connectivity index (χ0) is 16.4. The topological polar surface area (TPSA) is 58.9 Å². The van der Waals surface area contributed by atoms with Crippen molar-refractivity contribution >= 4 is 11.0 Å². The molecule has 6 nitrogen and oxygen atoms in total. The number of piperazine rings is 1. The zero-order valence-electron chi connectivity index (χ0n) is 13.9. The molecule has 0 bridgehead atoms. The molecular formula is C18H22N6. The summed E-state index contributed by atoms with van der Waals surface area (Å²) in [5, 5.41) is 12.0. The van der Waals surface area contributed by atoms with Gasteiger partial charge in [-0.15, -0.1) is 5.10 Å². The highest BCUT2D eigenvalue weighted by molar-refractivity contribution is 5.75. The number of aromatic nitrogens is 4. The Bertz CT molecular complexity index is 813. The SMILES string of the molecule is CCn1nnc2cc(CN3CCNCC3c3ccncc3)ccc21. The molecule has 1 saturated heterocycles. The molecule has 1 aromatic carbocycles. The molecule has 1 aliphatic heterocycles. The second-order valence-corrected chi connectivity index (χ2v) is 6.20. The summed E-state index contributed by atoms with van der Waals surface area (Å²) in [6.45, 7) is 6.88. The lowest BCUT2D eigenvalue weighted by atomic mass is 10.0. The lowest BCUT2D eigenvalue weighted by Gasteiger charge is -2.36. The number of nitrogens with zero attached hydrogens (tertiary/aromatic N) is 5. The molecule has 1 aliphatic rings. The maximum atomic E-state index is 4.29. The van der Waals surface area contributed by atoms with Crippen molar-refractivity contribution in [3.05, 3.63) is 53.9 Å². The first-order valence-electron chi connectivity index (χ1n) is 8.52. The van der Waals surface area contributed by atoms with Crippen molar-refractivity contribution in [1.29, 1.82) is 0 Å². The number of pyridine rings is 1. The Morgan fingerprint density at radius 3 is 2.92 bits per heavy atom. The fourth-order valence-electron chi connectivity index (χ4n) is 3.43. The monoisotopic (exact) mass is 322 g/mol. The summed E-state index contributed by atoms with van der Waals surface area (Å²) in [4.78, 5) is 6.66. The van der Waals surface area contributed by atoms with Gasteiger partial charge in [0.2, 0.25) is 0 Å². The van der Waals surface area contributed by atoms with Gasteiger partial charge in [-0.1, -0.05) is 11.3 Å². The molecule has 3 heterocycles. The van der Waals surface area contributed by atoms with E-state index in [0.29, 0.717) is 6.04 Å². The van der Waals surface area contributed by atoms with Crippen LogP contribution in [-0.2, 0) is 13.1 Å². The minimum Gasteiger partial charge on any atom is -0.314 e. The third-order valence-electron chi connectivity index (χ3n) is 4.71. The molecule has 1 N–H and O–H groups in total.